The molecule has 0 spiro atoms. The van der Waals surface area contributed by atoms with E-state index < -0.39 is 5.91 Å². The first-order chi connectivity index (χ1) is 16.1. The van der Waals surface area contributed by atoms with Gasteiger partial charge in [-0.25, -0.2) is 0 Å². The van der Waals surface area contributed by atoms with Crippen molar-refractivity contribution in [1.82, 2.24) is 15.3 Å². The van der Waals surface area contributed by atoms with E-state index in [1.54, 1.807) is 36.6 Å². The van der Waals surface area contributed by atoms with Crippen LogP contribution in [-0.2, 0) is 0 Å². The van der Waals surface area contributed by atoms with Crippen LogP contribution in [0.1, 0.15) is 15.4 Å². The van der Waals surface area contributed by atoms with Gasteiger partial charge in [-0.2, -0.15) is 4.98 Å². The molecule has 0 saturated heterocycles. The van der Waals surface area contributed by atoms with Gasteiger partial charge in [-0.3, -0.25) is 4.79 Å². The Morgan fingerprint density at radius 2 is 1.82 bits per heavy atom. The topological polar surface area (TPSA) is 103 Å². The summed E-state index contributed by atoms with van der Waals surface area (Å²) in [6.07, 6.45) is 0. The van der Waals surface area contributed by atoms with Gasteiger partial charge < -0.3 is 19.1 Å². The Morgan fingerprint density at radius 3 is 2.58 bits per heavy atom. The number of benzene rings is 2. The van der Waals surface area contributed by atoms with E-state index in [-0.39, 0.29) is 5.69 Å². The van der Waals surface area contributed by atoms with Gasteiger partial charge in [0.25, 0.3) is 11.8 Å². The molecule has 0 atom stereocenters. The van der Waals surface area contributed by atoms with Crippen molar-refractivity contribution >= 4 is 22.9 Å². The van der Waals surface area contributed by atoms with Gasteiger partial charge in [-0.1, -0.05) is 22.4 Å². The van der Waals surface area contributed by atoms with Crippen LogP contribution in [0.4, 0.5) is 5.69 Å². The van der Waals surface area contributed by atoms with Crippen molar-refractivity contribution in [3.63, 3.8) is 0 Å². The Kier molecular flexibility index (Phi) is 5.45. The number of hydrogen-bond donors (Lipinski definition) is 1. The van der Waals surface area contributed by atoms with Gasteiger partial charge in [0.15, 0.2) is 11.5 Å². The van der Waals surface area contributed by atoms with Crippen LogP contribution in [-0.4, -0.2) is 28.3 Å². The first-order valence-corrected chi connectivity index (χ1v) is 10.8. The third-order valence-electron chi connectivity index (χ3n) is 4.91. The number of carbonyl (C=O) groups is 1. The quantitative estimate of drug-likeness (QED) is 0.349. The van der Waals surface area contributed by atoms with Crippen LogP contribution in [0.2, 0.25) is 0 Å². The first kappa shape index (κ1) is 20.7. The lowest BCUT2D eigenvalue weighted by Gasteiger charge is -2.06. The highest BCUT2D eigenvalue weighted by Gasteiger charge is 2.19. The summed E-state index contributed by atoms with van der Waals surface area (Å²) in [7, 11) is 1.60. The lowest BCUT2D eigenvalue weighted by atomic mass is 10.1. The van der Waals surface area contributed by atoms with Crippen molar-refractivity contribution in [3.8, 4) is 39.2 Å². The van der Waals surface area contributed by atoms with Crippen molar-refractivity contribution in [2.24, 2.45) is 0 Å². The number of hydrogen-bond acceptors (Lipinski definition) is 8. The molecule has 1 amide bonds. The Balaban J connectivity index is 1.37. The smallest absolute Gasteiger partial charge is 0.277 e. The highest BCUT2D eigenvalue weighted by Crippen LogP contribution is 2.31. The van der Waals surface area contributed by atoms with Gasteiger partial charge in [-0.15, -0.1) is 11.3 Å². The molecule has 2 aromatic carbocycles. The van der Waals surface area contributed by atoms with E-state index in [0.717, 1.165) is 21.1 Å². The summed E-state index contributed by atoms with van der Waals surface area (Å²) >= 11 is 1.58. The van der Waals surface area contributed by atoms with Crippen molar-refractivity contribution in [1.29, 1.82) is 0 Å². The van der Waals surface area contributed by atoms with Crippen LogP contribution in [0.3, 0.4) is 0 Å². The number of methoxy groups -OCH3 is 1. The second kappa shape index (κ2) is 8.71. The summed E-state index contributed by atoms with van der Waals surface area (Å²) < 4.78 is 16.0. The first-order valence-electron chi connectivity index (χ1n) is 10.0. The summed E-state index contributed by atoms with van der Waals surface area (Å²) in [5.41, 5.74) is 2.06. The maximum atomic E-state index is 12.9. The van der Waals surface area contributed by atoms with Crippen LogP contribution in [0.25, 0.3) is 33.5 Å². The number of anilines is 1. The van der Waals surface area contributed by atoms with Gasteiger partial charge in [0.2, 0.25) is 5.82 Å². The second-order valence-corrected chi connectivity index (χ2v) is 8.43. The molecule has 0 aliphatic carbocycles. The predicted octanol–water partition coefficient (Wildman–Crippen LogP) is 5.69. The number of ether oxygens (including phenoxy) is 1. The minimum Gasteiger partial charge on any atom is -0.497 e. The van der Waals surface area contributed by atoms with Crippen molar-refractivity contribution < 1.29 is 18.6 Å². The average molecular weight is 458 g/mol. The number of para-hydroxylation sites is 1. The van der Waals surface area contributed by atoms with Gasteiger partial charge in [-0.05, 0) is 55.5 Å². The zero-order valence-corrected chi connectivity index (χ0v) is 18.6. The summed E-state index contributed by atoms with van der Waals surface area (Å²) in [5.74, 6) is 1.60. The Bertz CT molecular complexity index is 1420. The molecule has 3 aromatic heterocycles. The normalized spacial score (nSPS) is 10.8. The van der Waals surface area contributed by atoms with Crippen LogP contribution in [0.5, 0.6) is 5.75 Å². The zero-order valence-electron chi connectivity index (χ0n) is 17.7. The standard InChI is InChI=1S/C24H18N4O4S/c1-14-7-12-21(33-14)22-26-24(32-28-22)17-5-3-4-6-18(17)25-23(29)19-13-20(31-27-19)15-8-10-16(30-2)11-9-15/h3-13H,1-2H3,(H,25,29). The largest absolute Gasteiger partial charge is 0.497 e. The molecule has 0 saturated carbocycles. The maximum absolute atomic E-state index is 12.9. The van der Waals surface area contributed by atoms with Crippen molar-refractivity contribution in [2.75, 3.05) is 12.4 Å². The highest BCUT2D eigenvalue weighted by atomic mass is 32.1. The molecular formula is C24H18N4O4S. The minimum atomic E-state index is -0.417. The van der Waals surface area contributed by atoms with Gasteiger partial charge in [0, 0.05) is 16.5 Å². The Labute approximate surface area is 192 Å². The molecule has 33 heavy (non-hydrogen) atoms. The lowest BCUT2D eigenvalue weighted by molar-refractivity contribution is 0.101. The predicted molar refractivity (Wildman–Crippen MR) is 124 cm³/mol. The molecule has 0 aliphatic heterocycles. The number of aryl methyl sites for hydroxylation is 1. The van der Waals surface area contributed by atoms with Crippen molar-refractivity contribution in [2.45, 2.75) is 6.92 Å². The minimum absolute atomic E-state index is 0.149. The summed E-state index contributed by atoms with van der Waals surface area (Å²) in [5, 5.41) is 10.8. The molecule has 164 valence electrons. The number of amides is 1. The highest BCUT2D eigenvalue weighted by molar-refractivity contribution is 7.15. The molecule has 0 radical (unpaired) electrons. The van der Waals surface area contributed by atoms with Gasteiger partial charge in [0.05, 0.1) is 23.2 Å². The fraction of sp³-hybridized carbons (Fsp3) is 0.0833. The summed E-state index contributed by atoms with van der Waals surface area (Å²) in [6.45, 7) is 2.02. The molecule has 1 N–H and O–H groups in total. The van der Waals surface area contributed by atoms with Crippen molar-refractivity contribution in [3.05, 3.63) is 77.3 Å². The molecule has 8 nitrogen and oxygen atoms in total. The number of aromatic nitrogens is 3. The van der Waals surface area contributed by atoms with Crippen LogP contribution >= 0.6 is 11.3 Å². The van der Waals surface area contributed by atoms with Crippen LogP contribution in [0, 0.1) is 6.92 Å². The molecule has 3 heterocycles. The fourth-order valence-electron chi connectivity index (χ4n) is 3.23. The SMILES string of the molecule is COc1ccc(-c2cc(C(=O)Nc3ccccc3-c3nc(-c4ccc(C)s4)no3)no2)cc1. The maximum Gasteiger partial charge on any atom is 0.277 e. The average Bonchev–Trinajstić information content (AvgIpc) is 3.60. The van der Waals surface area contributed by atoms with Crippen LogP contribution in [0.15, 0.2) is 75.8 Å². The zero-order chi connectivity index (χ0) is 22.8. The molecule has 0 fully saturated rings. The van der Waals surface area contributed by atoms with Crippen LogP contribution < -0.4 is 10.1 Å². The molecule has 5 aromatic rings. The molecule has 0 aliphatic rings. The number of thiophene rings is 1. The van der Waals surface area contributed by atoms with E-state index in [9.17, 15) is 4.79 Å². The van der Waals surface area contributed by atoms with E-state index in [4.69, 9.17) is 13.8 Å². The number of nitrogens with one attached hydrogen (secondary N) is 1. The lowest BCUT2D eigenvalue weighted by Crippen LogP contribution is -2.12. The Hall–Kier alpha value is -4.24. The summed E-state index contributed by atoms with van der Waals surface area (Å²) in [6, 6.07) is 20.0. The van der Waals surface area contributed by atoms with E-state index in [0.29, 0.717) is 28.7 Å². The third kappa shape index (κ3) is 4.26. The third-order valence-corrected chi connectivity index (χ3v) is 5.91. The van der Waals surface area contributed by atoms with Gasteiger partial charge >= 0.3 is 0 Å². The van der Waals surface area contributed by atoms with E-state index in [1.165, 1.54) is 0 Å². The van der Waals surface area contributed by atoms with E-state index in [2.05, 4.69) is 20.6 Å². The van der Waals surface area contributed by atoms with Gasteiger partial charge in [0.1, 0.15) is 5.75 Å². The number of rotatable bonds is 6. The number of carbonyl (C=O) groups excluding carboxylic acids is 1. The molecular weight excluding hydrogens is 440 g/mol. The molecule has 0 unspecified atom stereocenters. The summed E-state index contributed by atoms with van der Waals surface area (Å²) in [4.78, 5) is 19.4. The molecule has 5 rings (SSSR count). The van der Waals surface area contributed by atoms with E-state index >= 15 is 0 Å². The monoisotopic (exact) mass is 458 g/mol. The molecule has 0 bridgehead atoms. The fourth-order valence-corrected chi connectivity index (χ4v) is 4.02. The van der Waals surface area contributed by atoms with E-state index in [1.807, 2.05) is 55.5 Å². The Morgan fingerprint density at radius 1 is 1.00 bits per heavy atom. The second-order valence-electron chi connectivity index (χ2n) is 7.14. The number of nitrogens with zero attached hydrogens (tertiary/aromatic N) is 3. The molecule has 9 heteroatoms.